The van der Waals surface area contributed by atoms with E-state index in [9.17, 15) is 9.59 Å². The zero-order valence-corrected chi connectivity index (χ0v) is 9.79. The molecule has 0 bridgehead atoms. The minimum absolute atomic E-state index is 0.144. The molecular weight excluding hydrogens is 228 g/mol. The summed E-state index contributed by atoms with van der Waals surface area (Å²) in [6.07, 6.45) is 0. The molecule has 0 aromatic carbocycles. The molecule has 0 aliphatic heterocycles. The molecule has 1 amide bonds. The van der Waals surface area contributed by atoms with E-state index in [1.54, 1.807) is 16.3 Å². The maximum atomic E-state index is 10.9. The molecule has 0 spiro atoms. The van der Waals surface area contributed by atoms with Crippen molar-refractivity contribution in [1.29, 1.82) is 0 Å². The number of thiophene rings is 1. The Balaban J connectivity index is 2.73. The Morgan fingerprint density at radius 3 is 2.75 bits per heavy atom. The van der Waals surface area contributed by atoms with Crippen LogP contribution < -0.4 is 5.73 Å². The van der Waals surface area contributed by atoms with E-state index in [0.717, 1.165) is 5.56 Å². The lowest BCUT2D eigenvalue weighted by Crippen LogP contribution is -2.33. The molecule has 5 nitrogen and oxygen atoms in total. The van der Waals surface area contributed by atoms with Crippen molar-refractivity contribution in [2.24, 2.45) is 5.73 Å². The van der Waals surface area contributed by atoms with Crippen molar-refractivity contribution < 1.29 is 14.7 Å². The van der Waals surface area contributed by atoms with E-state index in [2.05, 4.69) is 0 Å². The van der Waals surface area contributed by atoms with Gasteiger partial charge < -0.3 is 10.8 Å². The number of hydrogen-bond acceptors (Lipinski definition) is 4. The number of primary amides is 1. The molecule has 0 aliphatic rings. The Morgan fingerprint density at radius 1 is 1.56 bits per heavy atom. The third-order valence-electron chi connectivity index (χ3n) is 2.16. The SMILES string of the molecule is CCN(CC(N)=O)Cc1ccsc1C(=O)O. The van der Waals surface area contributed by atoms with Crippen molar-refractivity contribution in [1.82, 2.24) is 4.90 Å². The predicted molar refractivity (Wildman–Crippen MR) is 61.4 cm³/mol. The van der Waals surface area contributed by atoms with Crippen LogP contribution in [0.15, 0.2) is 11.4 Å². The molecule has 0 unspecified atom stereocenters. The fourth-order valence-corrected chi connectivity index (χ4v) is 2.14. The van der Waals surface area contributed by atoms with Crippen molar-refractivity contribution in [2.75, 3.05) is 13.1 Å². The number of nitrogens with two attached hydrogens (primary N) is 1. The van der Waals surface area contributed by atoms with Gasteiger partial charge in [-0.1, -0.05) is 6.92 Å². The fraction of sp³-hybridized carbons (Fsp3) is 0.400. The first kappa shape index (κ1) is 12.7. The van der Waals surface area contributed by atoms with Gasteiger partial charge >= 0.3 is 5.97 Å². The topological polar surface area (TPSA) is 83.6 Å². The third kappa shape index (κ3) is 3.32. The van der Waals surface area contributed by atoms with Gasteiger partial charge in [0.1, 0.15) is 4.88 Å². The highest BCUT2D eigenvalue weighted by atomic mass is 32.1. The Hall–Kier alpha value is -1.40. The van der Waals surface area contributed by atoms with Crippen LogP contribution in [-0.2, 0) is 11.3 Å². The van der Waals surface area contributed by atoms with Gasteiger partial charge in [0.15, 0.2) is 0 Å². The van der Waals surface area contributed by atoms with Gasteiger partial charge in [0, 0.05) is 6.54 Å². The van der Waals surface area contributed by atoms with E-state index < -0.39 is 11.9 Å². The molecule has 1 aromatic heterocycles. The number of amides is 1. The highest BCUT2D eigenvalue weighted by molar-refractivity contribution is 7.12. The third-order valence-corrected chi connectivity index (χ3v) is 3.11. The van der Waals surface area contributed by atoms with E-state index in [1.807, 2.05) is 6.92 Å². The van der Waals surface area contributed by atoms with Crippen molar-refractivity contribution in [3.63, 3.8) is 0 Å². The molecule has 0 saturated carbocycles. The van der Waals surface area contributed by atoms with Crippen molar-refractivity contribution >= 4 is 23.2 Å². The van der Waals surface area contributed by atoms with Gasteiger partial charge in [-0.25, -0.2) is 4.79 Å². The van der Waals surface area contributed by atoms with E-state index in [0.29, 0.717) is 18.0 Å². The predicted octanol–water partition coefficient (Wildman–Crippen LogP) is 0.753. The quantitative estimate of drug-likeness (QED) is 0.771. The summed E-state index contributed by atoms with van der Waals surface area (Å²) in [5.41, 5.74) is 5.82. The number of carboxylic acids is 1. The Bertz CT molecular complexity index is 389. The first-order chi connectivity index (χ1) is 7.54. The zero-order chi connectivity index (χ0) is 12.1. The second-order valence-electron chi connectivity index (χ2n) is 3.35. The summed E-state index contributed by atoms with van der Waals surface area (Å²) in [5, 5.41) is 10.7. The number of rotatable bonds is 6. The normalized spacial score (nSPS) is 10.6. The Kier molecular flexibility index (Phi) is 4.45. The minimum atomic E-state index is -0.930. The first-order valence-electron chi connectivity index (χ1n) is 4.85. The standard InChI is InChI=1S/C10H14N2O3S/c1-2-12(6-8(11)13)5-7-3-4-16-9(7)10(14)15/h3-4H,2,5-6H2,1H3,(H2,11,13)(H,14,15). The van der Waals surface area contributed by atoms with Crippen LogP contribution in [0.25, 0.3) is 0 Å². The lowest BCUT2D eigenvalue weighted by molar-refractivity contribution is -0.119. The van der Waals surface area contributed by atoms with Gasteiger partial charge in [0.25, 0.3) is 0 Å². The van der Waals surface area contributed by atoms with Crippen molar-refractivity contribution in [3.8, 4) is 0 Å². The highest BCUT2D eigenvalue weighted by Gasteiger charge is 2.14. The molecule has 0 fully saturated rings. The Morgan fingerprint density at radius 2 is 2.25 bits per heavy atom. The highest BCUT2D eigenvalue weighted by Crippen LogP contribution is 2.18. The van der Waals surface area contributed by atoms with Crippen LogP contribution in [-0.4, -0.2) is 35.0 Å². The van der Waals surface area contributed by atoms with Gasteiger partial charge in [-0.05, 0) is 23.6 Å². The fourth-order valence-electron chi connectivity index (χ4n) is 1.39. The number of nitrogens with zero attached hydrogens (tertiary/aromatic N) is 1. The van der Waals surface area contributed by atoms with Crippen LogP contribution in [0.1, 0.15) is 22.2 Å². The number of hydrogen-bond donors (Lipinski definition) is 2. The summed E-state index contributed by atoms with van der Waals surface area (Å²) in [5.74, 6) is -1.34. The summed E-state index contributed by atoms with van der Waals surface area (Å²) in [6.45, 7) is 3.13. The number of carbonyl (C=O) groups is 2. The van der Waals surface area contributed by atoms with E-state index in [-0.39, 0.29) is 6.54 Å². The van der Waals surface area contributed by atoms with Gasteiger partial charge in [0.05, 0.1) is 6.54 Å². The minimum Gasteiger partial charge on any atom is -0.477 e. The van der Waals surface area contributed by atoms with Crippen LogP contribution in [0.3, 0.4) is 0 Å². The molecule has 6 heteroatoms. The smallest absolute Gasteiger partial charge is 0.346 e. The number of carboxylic acid groups (broad SMARTS) is 1. The molecule has 1 heterocycles. The van der Waals surface area contributed by atoms with Gasteiger partial charge in [0.2, 0.25) is 5.91 Å². The average Bonchev–Trinajstić information content (AvgIpc) is 2.64. The van der Waals surface area contributed by atoms with Crippen LogP contribution in [0.5, 0.6) is 0 Å². The van der Waals surface area contributed by atoms with Crippen molar-refractivity contribution in [2.45, 2.75) is 13.5 Å². The molecule has 0 radical (unpaired) electrons. The first-order valence-corrected chi connectivity index (χ1v) is 5.72. The molecule has 1 aromatic rings. The van der Waals surface area contributed by atoms with Crippen molar-refractivity contribution in [3.05, 3.63) is 21.9 Å². The maximum Gasteiger partial charge on any atom is 0.346 e. The van der Waals surface area contributed by atoms with Crippen LogP contribution >= 0.6 is 11.3 Å². The monoisotopic (exact) mass is 242 g/mol. The lowest BCUT2D eigenvalue weighted by Gasteiger charge is -2.17. The van der Waals surface area contributed by atoms with Gasteiger partial charge in [-0.2, -0.15) is 0 Å². The largest absolute Gasteiger partial charge is 0.477 e. The van der Waals surface area contributed by atoms with E-state index >= 15 is 0 Å². The zero-order valence-electron chi connectivity index (χ0n) is 8.97. The van der Waals surface area contributed by atoms with Crippen LogP contribution in [0, 0.1) is 0 Å². The van der Waals surface area contributed by atoms with E-state index in [4.69, 9.17) is 10.8 Å². The summed E-state index contributed by atoms with van der Waals surface area (Å²) in [6, 6.07) is 1.76. The van der Waals surface area contributed by atoms with Gasteiger partial charge in [-0.3, -0.25) is 9.69 Å². The van der Waals surface area contributed by atoms with Crippen LogP contribution in [0.4, 0.5) is 0 Å². The summed E-state index contributed by atoms with van der Waals surface area (Å²) in [4.78, 5) is 23.8. The molecular formula is C10H14N2O3S. The van der Waals surface area contributed by atoms with E-state index in [1.165, 1.54) is 11.3 Å². The average molecular weight is 242 g/mol. The number of carbonyl (C=O) groups excluding carboxylic acids is 1. The summed E-state index contributed by atoms with van der Waals surface area (Å²) < 4.78 is 0. The van der Waals surface area contributed by atoms with Crippen LogP contribution in [0.2, 0.25) is 0 Å². The number of aromatic carboxylic acids is 1. The molecule has 1 rings (SSSR count). The summed E-state index contributed by atoms with van der Waals surface area (Å²) in [7, 11) is 0. The lowest BCUT2D eigenvalue weighted by atomic mass is 10.2. The molecule has 16 heavy (non-hydrogen) atoms. The summed E-state index contributed by atoms with van der Waals surface area (Å²) >= 11 is 1.19. The molecule has 3 N–H and O–H groups in total. The Labute approximate surface area is 97.5 Å². The second-order valence-corrected chi connectivity index (χ2v) is 4.27. The second kappa shape index (κ2) is 5.62. The molecule has 88 valence electrons. The molecule has 0 atom stereocenters. The maximum absolute atomic E-state index is 10.9. The number of likely N-dealkylation sites (N-methyl/N-ethyl adjacent to an activating group) is 1. The molecule has 0 saturated heterocycles. The molecule has 0 aliphatic carbocycles. The van der Waals surface area contributed by atoms with Gasteiger partial charge in [-0.15, -0.1) is 11.3 Å².